The number of halogens is 1. The second-order valence-electron chi connectivity index (χ2n) is 3.28. The molecule has 0 bridgehead atoms. The molecule has 4 heteroatoms. The highest BCUT2D eigenvalue weighted by Gasteiger charge is 2.16. The fraction of sp³-hybridized carbons (Fsp3) is 0.300. The average Bonchev–Trinajstić information content (AvgIpc) is 2.12. The van der Waals surface area contributed by atoms with Crippen LogP contribution < -0.4 is 5.73 Å². The molecule has 0 heterocycles. The molecule has 76 valence electrons. The van der Waals surface area contributed by atoms with E-state index in [0.29, 0.717) is 16.7 Å². The van der Waals surface area contributed by atoms with Gasteiger partial charge in [-0.25, -0.2) is 4.39 Å². The van der Waals surface area contributed by atoms with Crippen molar-refractivity contribution in [3.63, 3.8) is 0 Å². The summed E-state index contributed by atoms with van der Waals surface area (Å²) in [7, 11) is 0. The number of hydrogen-bond acceptors (Lipinski definition) is 2. The van der Waals surface area contributed by atoms with Crippen LogP contribution in [-0.2, 0) is 4.79 Å². The molecule has 1 aromatic carbocycles. The molecule has 0 fully saturated rings. The van der Waals surface area contributed by atoms with E-state index in [1.165, 1.54) is 12.1 Å². The highest BCUT2D eigenvalue weighted by molar-refractivity contribution is 5.75. The third-order valence-corrected chi connectivity index (χ3v) is 2.08. The summed E-state index contributed by atoms with van der Waals surface area (Å²) in [4.78, 5) is 10.6. The quantitative estimate of drug-likeness (QED) is 0.755. The van der Waals surface area contributed by atoms with Crippen LogP contribution in [0.4, 0.5) is 4.39 Å². The topological polar surface area (TPSA) is 63.3 Å². The van der Waals surface area contributed by atoms with Gasteiger partial charge < -0.3 is 10.8 Å². The second kappa shape index (κ2) is 3.75. The van der Waals surface area contributed by atoms with E-state index in [4.69, 9.17) is 10.8 Å². The first-order valence-electron chi connectivity index (χ1n) is 4.18. The summed E-state index contributed by atoms with van der Waals surface area (Å²) in [6.45, 7) is 3.17. The van der Waals surface area contributed by atoms with Gasteiger partial charge in [0.25, 0.3) is 0 Å². The lowest BCUT2D eigenvalue weighted by Gasteiger charge is -2.10. The zero-order chi connectivity index (χ0) is 10.9. The minimum Gasteiger partial charge on any atom is -0.480 e. The van der Waals surface area contributed by atoms with Crippen LogP contribution in [0.25, 0.3) is 0 Å². The van der Waals surface area contributed by atoms with Crippen molar-refractivity contribution in [2.24, 2.45) is 5.73 Å². The Hall–Kier alpha value is -1.42. The Bertz CT molecular complexity index is 353. The maximum atomic E-state index is 13.2. The van der Waals surface area contributed by atoms with E-state index in [1.807, 2.05) is 0 Å². The van der Waals surface area contributed by atoms with Crippen molar-refractivity contribution in [1.82, 2.24) is 0 Å². The molecule has 3 nitrogen and oxygen atoms in total. The van der Waals surface area contributed by atoms with Crippen LogP contribution >= 0.6 is 0 Å². The van der Waals surface area contributed by atoms with E-state index in [0.717, 1.165) is 0 Å². The molecule has 0 aromatic heterocycles. The van der Waals surface area contributed by atoms with Crippen molar-refractivity contribution in [2.75, 3.05) is 0 Å². The minimum absolute atomic E-state index is 0.314. The summed E-state index contributed by atoms with van der Waals surface area (Å²) >= 11 is 0. The van der Waals surface area contributed by atoms with E-state index in [2.05, 4.69) is 0 Å². The summed E-state index contributed by atoms with van der Waals surface area (Å²) in [5, 5.41) is 8.67. The lowest BCUT2D eigenvalue weighted by molar-refractivity contribution is -0.138. The van der Waals surface area contributed by atoms with Gasteiger partial charge in [-0.15, -0.1) is 0 Å². The lowest BCUT2D eigenvalue weighted by Crippen LogP contribution is -2.21. The summed E-state index contributed by atoms with van der Waals surface area (Å²) < 4.78 is 13.2. The van der Waals surface area contributed by atoms with Gasteiger partial charge in [-0.05, 0) is 30.5 Å². The number of carboxylic acid groups (broad SMARTS) is 1. The standard InChI is InChI=1S/C10H12FNO2/c1-5-3-7(9(12)10(13)14)4-6(2)8(5)11/h3-4,9H,12H2,1-2H3,(H,13,14)/t9-/m0/s1. The Morgan fingerprint density at radius 1 is 1.43 bits per heavy atom. The van der Waals surface area contributed by atoms with Gasteiger partial charge in [0.15, 0.2) is 0 Å². The van der Waals surface area contributed by atoms with Crippen molar-refractivity contribution in [3.8, 4) is 0 Å². The first-order chi connectivity index (χ1) is 6.43. The number of aliphatic carboxylic acids is 1. The number of hydrogen-bond donors (Lipinski definition) is 2. The van der Waals surface area contributed by atoms with Crippen molar-refractivity contribution in [3.05, 3.63) is 34.6 Å². The maximum absolute atomic E-state index is 13.2. The Kier molecular flexibility index (Phi) is 2.86. The van der Waals surface area contributed by atoms with E-state index >= 15 is 0 Å². The normalized spacial score (nSPS) is 12.6. The third-order valence-electron chi connectivity index (χ3n) is 2.08. The summed E-state index contributed by atoms with van der Waals surface area (Å²) in [5.74, 6) is -1.43. The Labute approximate surface area is 81.4 Å². The average molecular weight is 197 g/mol. The molecule has 0 unspecified atom stereocenters. The number of nitrogens with two attached hydrogens (primary N) is 1. The van der Waals surface area contributed by atoms with Gasteiger partial charge in [0.2, 0.25) is 0 Å². The predicted octanol–water partition coefficient (Wildman–Crippen LogP) is 1.53. The zero-order valence-electron chi connectivity index (χ0n) is 8.04. The van der Waals surface area contributed by atoms with Gasteiger partial charge in [-0.1, -0.05) is 12.1 Å². The summed E-state index contributed by atoms with van der Waals surface area (Å²) in [5.41, 5.74) is 6.66. The number of carboxylic acids is 1. The summed E-state index contributed by atoms with van der Waals surface area (Å²) in [6.07, 6.45) is 0. The molecular weight excluding hydrogens is 185 g/mol. The molecule has 14 heavy (non-hydrogen) atoms. The number of aryl methyl sites for hydroxylation is 2. The SMILES string of the molecule is Cc1cc([C@H](N)C(=O)O)cc(C)c1F. The molecule has 0 saturated heterocycles. The smallest absolute Gasteiger partial charge is 0.325 e. The molecule has 1 rings (SSSR count). The highest BCUT2D eigenvalue weighted by Crippen LogP contribution is 2.18. The fourth-order valence-electron chi connectivity index (χ4n) is 1.30. The van der Waals surface area contributed by atoms with E-state index in [9.17, 15) is 9.18 Å². The minimum atomic E-state index is -1.12. The van der Waals surface area contributed by atoms with Gasteiger partial charge in [0, 0.05) is 0 Å². The molecule has 0 aliphatic carbocycles. The Balaban J connectivity index is 3.19. The molecular formula is C10H12FNO2. The van der Waals surface area contributed by atoms with Crippen LogP contribution in [0, 0.1) is 19.7 Å². The van der Waals surface area contributed by atoms with Crippen LogP contribution in [0.5, 0.6) is 0 Å². The largest absolute Gasteiger partial charge is 0.480 e. The van der Waals surface area contributed by atoms with Crippen molar-refractivity contribution in [1.29, 1.82) is 0 Å². The number of rotatable bonds is 2. The lowest BCUT2D eigenvalue weighted by atomic mass is 10.0. The third kappa shape index (κ3) is 1.90. The zero-order valence-corrected chi connectivity index (χ0v) is 8.04. The monoisotopic (exact) mass is 197 g/mol. The molecule has 0 spiro atoms. The van der Waals surface area contributed by atoms with Crippen molar-refractivity contribution in [2.45, 2.75) is 19.9 Å². The van der Waals surface area contributed by atoms with Gasteiger partial charge >= 0.3 is 5.97 Å². The molecule has 0 aliphatic rings. The molecule has 0 saturated carbocycles. The molecule has 0 amide bonds. The Morgan fingerprint density at radius 2 is 1.86 bits per heavy atom. The molecule has 1 atom stereocenters. The van der Waals surface area contributed by atoms with Crippen molar-refractivity contribution < 1.29 is 14.3 Å². The van der Waals surface area contributed by atoms with E-state index in [-0.39, 0.29) is 5.82 Å². The van der Waals surface area contributed by atoms with Crippen LogP contribution in [0.15, 0.2) is 12.1 Å². The summed E-state index contributed by atoms with van der Waals surface area (Å²) in [6, 6.07) is 1.83. The van der Waals surface area contributed by atoms with Crippen LogP contribution in [0.1, 0.15) is 22.7 Å². The van der Waals surface area contributed by atoms with Gasteiger partial charge in [0.05, 0.1) is 0 Å². The fourth-order valence-corrected chi connectivity index (χ4v) is 1.30. The van der Waals surface area contributed by atoms with Crippen LogP contribution in [-0.4, -0.2) is 11.1 Å². The van der Waals surface area contributed by atoms with Crippen LogP contribution in [0.2, 0.25) is 0 Å². The maximum Gasteiger partial charge on any atom is 0.325 e. The van der Waals surface area contributed by atoms with Crippen LogP contribution in [0.3, 0.4) is 0 Å². The van der Waals surface area contributed by atoms with Gasteiger partial charge in [-0.2, -0.15) is 0 Å². The van der Waals surface area contributed by atoms with Gasteiger partial charge in [-0.3, -0.25) is 4.79 Å². The predicted molar refractivity (Wildman–Crippen MR) is 50.4 cm³/mol. The molecule has 1 aromatic rings. The van der Waals surface area contributed by atoms with E-state index < -0.39 is 12.0 Å². The molecule has 3 N–H and O–H groups in total. The Morgan fingerprint density at radius 3 is 2.21 bits per heavy atom. The number of carbonyl (C=O) groups is 1. The van der Waals surface area contributed by atoms with E-state index in [1.54, 1.807) is 13.8 Å². The second-order valence-corrected chi connectivity index (χ2v) is 3.28. The first-order valence-corrected chi connectivity index (χ1v) is 4.18. The molecule has 0 radical (unpaired) electrons. The highest BCUT2D eigenvalue weighted by atomic mass is 19.1. The molecule has 0 aliphatic heterocycles. The van der Waals surface area contributed by atoms with Gasteiger partial charge in [0.1, 0.15) is 11.9 Å². The van der Waals surface area contributed by atoms with Crippen molar-refractivity contribution >= 4 is 5.97 Å². The number of benzene rings is 1. The first kappa shape index (κ1) is 10.7.